The predicted molar refractivity (Wildman–Crippen MR) is 144 cm³/mol. The predicted octanol–water partition coefficient (Wildman–Crippen LogP) is 4.11. The van der Waals surface area contributed by atoms with Crippen molar-refractivity contribution in [2.24, 2.45) is 10.9 Å². The van der Waals surface area contributed by atoms with Gasteiger partial charge in [0.05, 0.1) is 0 Å². The highest BCUT2D eigenvalue weighted by Gasteiger charge is 2.30. The molecule has 176 valence electrons. The summed E-state index contributed by atoms with van der Waals surface area (Å²) in [4.78, 5) is 12.3. The molecule has 0 spiro atoms. The molecule has 0 saturated carbocycles. The second-order valence-corrected chi connectivity index (χ2v) is 8.88. The Balaban J connectivity index is 0.00000341. The molecule has 0 aromatic heterocycles. The maximum atomic E-state index is 4.60. The largest absolute Gasteiger partial charge is 0.356 e. The first-order chi connectivity index (χ1) is 14.7. The quantitative estimate of drug-likeness (QED) is 0.233. The number of benzene rings is 1. The summed E-state index contributed by atoms with van der Waals surface area (Å²) < 4.78 is 0. The van der Waals surface area contributed by atoms with Gasteiger partial charge in [-0.1, -0.05) is 50.6 Å². The van der Waals surface area contributed by atoms with Gasteiger partial charge in [0.15, 0.2) is 5.96 Å². The van der Waals surface area contributed by atoms with E-state index in [0.29, 0.717) is 11.8 Å². The molecule has 0 amide bonds. The van der Waals surface area contributed by atoms with Crippen LogP contribution in [0, 0.1) is 5.92 Å². The molecule has 6 heteroatoms. The molecular weight excluding hydrogens is 497 g/mol. The van der Waals surface area contributed by atoms with Crippen molar-refractivity contribution in [1.29, 1.82) is 0 Å². The number of nitrogens with zero attached hydrogens (tertiary/aromatic N) is 4. The summed E-state index contributed by atoms with van der Waals surface area (Å²) in [6.07, 6.45) is 4.92. The van der Waals surface area contributed by atoms with Gasteiger partial charge in [0, 0.05) is 52.9 Å². The number of hydrogen-bond acceptors (Lipinski definition) is 3. The summed E-state index contributed by atoms with van der Waals surface area (Å²) in [5.74, 6) is 2.47. The van der Waals surface area contributed by atoms with E-state index in [-0.39, 0.29) is 24.0 Å². The van der Waals surface area contributed by atoms with Crippen molar-refractivity contribution in [2.75, 3.05) is 66.0 Å². The third-order valence-corrected chi connectivity index (χ3v) is 7.09. The number of halogens is 1. The van der Waals surface area contributed by atoms with E-state index < -0.39 is 0 Å². The van der Waals surface area contributed by atoms with Gasteiger partial charge >= 0.3 is 0 Å². The fourth-order valence-electron chi connectivity index (χ4n) is 5.10. The van der Waals surface area contributed by atoms with Crippen LogP contribution in [0.1, 0.15) is 51.0 Å². The van der Waals surface area contributed by atoms with Crippen molar-refractivity contribution in [1.82, 2.24) is 20.0 Å². The summed E-state index contributed by atoms with van der Waals surface area (Å²) in [6, 6.07) is 11.1. The molecule has 3 rings (SSSR count). The summed E-state index contributed by atoms with van der Waals surface area (Å²) in [5, 5.41) is 3.64. The molecule has 2 atom stereocenters. The maximum Gasteiger partial charge on any atom is 0.193 e. The Hall–Kier alpha value is -0.860. The van der Waals surface area contributed by atoms with Gasteiger partial charge < -0.3 is 20.0 Å². The molecule has 2 aliphatic heterocycles. The summed E-state index contributed by atoms with van der Waals surface area (Å²) in [5.41, 5.74) is 1.51. The van der Waals surface area contributed by atoms with Crippen LogP contribution < -0.4 is 5.32 Å². The second-order valence-electron chi connectivity index (χ2n) is 8.88. The van der Waals surface area contributed by atoms with E-state index in [1.807, 2.05) is 7.05 Å². The number of piperidine rings is 1. The van der Waals surface area contributed by atoms with Crippen LogP contribution in [0.2, 0.25) is 0 Å². The lowest BCUT2D eigenvalue weighted by molar-refractivity contribution is 0.136. The molecule has 0 bridgehead atoms. The monoisotopic (exact) mass is 541 g/mol. The zero-order valence-electron chi connectivity index (χ0n) is 19.9. The topological polar surface area (TPSA) is 34.1 Å². The Morgan fingerprint density at radius 2 is 1.71 bits per heavy atom. The van der Waals surface area contributed by atoms with E-state index >= 15 is 0 Å². The minimum Gasteiger partial charge on any atom is -0.356 e. The Bertz CT molecular complexity index is 630. The first kappa shape index (κ1) is 26.4. The van der Waals surface area contributed by atoms with Crippen molar-refractivity contribution < 1.29 is 0 Å². The molecule has 2 fully saturated rings. The molecular formula is C25H44IN5. The van der Waals surface area contributed by atoms with E-state index in [2.05, 4.69) is 69.2 Å². The first-order valence-electron chi connectivity index (χ1n) is 12.2. The molecule has 1 aromatic rings. The summed E-state index contributed by atoms with van der Waals surface area (Å²) in [7, 11) is 1.93. The van der Waals surface area contributed by atoms with Crippen LogP contribution in [0.5, 0.6) is 0 Å². The minimum absolute atomic E-state index is 0. The molecule has 31 heavy (non-hydrogen) atoms. The van der Waals surface area contributed by atoms with Crippen molar-refractivity contribution in [2.45, 2.75) is 45.4 Å². The highest BCUT2D eigenvalue weighted by molar-refractivity contribution is 14.0. The Morgan fingerprint density at radius 3 is 2.35 bits per heavy atom. The molecule has 2 unspecified atom stereocenters. The average molecular weight is 542 g/mol. The van der Waals surface area contributed by atoms with E-state index in [4.69, 9.17) is 0 Å². The number of piperazine rings is 1. The average Bonchev–Trinajstić information content (AvgIpc) is 2.82. The number of aliphatic imine (C=N–C) groups is 1. The molecule has 1 N–H and O–H groups in total. The fourth-order valence-corrected chi connectivity index (χ4v) is 5.10. The lowest BCUT2D eigenvalue weighted by atomic mass is 9.79. The zero-order valence-corrected chi connectivity index (χ0v) is 22.3. The molecule has 1 aromatic carbocycles. The number of nitrogens with one attached hydrogen (secondary N) is 1. The molecule has 0 aliphatic carbocycles. The Morgan fingerprint density at radius 1 is 1.00 bits per heavy atom. The smallest absolute Gasteiger partial charge is 0.193 e. The van der Waals surface area contributed by atoms with Crippen LogP contribution >= 0.6 is 24.0 Å². The molecule has 5 nitrogen and oxygen atoms in total. The van der Waals surface area contributed by atoms with E-state index in [9.17, 15) is 0 Å². The Labute approximate surface area is 207 Å². The molecule has 2 aliphatic rings. The van der Waals surface area contributed by atoms with E-state index in [1.54, 1.807) is 0 Å². The molecule has 2 saturated heterocycles. The van der Waals surface area contributed by atoms with Gasteiger partial charge in [-0.15, -0.1) is 24.0 Å². The number of unbranched alkanes of at least 4 members (excludes halogenated alkanes) is 1. The van der Waals surface area contributed by atoms with Crippen LogP contribution in [0.25, 0.3) is 0 Å². The first-order valence-corrected chi connectivity index (χ1v) is 12.2. The number of likely N-dealkylation sites (tertiary alicyclic amines) is 1. The molecule has 2 heterocycles. The normalized spacial score (nSPS) is 23.5. The van der Waals surface area contributed by atoms with Crippen LogP contribution in [0.4, 0.5) is 0 Å². The van der Waals surface area contributed by atoms with Crippen LogP contribution in [-0.2, 0) is 0 Å². The second kappa shape index (κ2) is 14.3. The minimum atomic E-state index is 0. The number of rotatable bonds is 8. The van der Waals surface area contributed by atoms with Crippen molar-refractivity contribution in [3.05, 3.63) is 35.9 Å². The number of hydrogen-bond donors (Lipinski definition) is 1. The van der Waals surface area contributed by atoms with Crippen molar-refractivity contribution >= 4 is 29.9 Å². The maximum absolute atomic E-state index is 4.60. The zero-order chi connectivity index (χ0) is 21.2. The van der Waals surface area contributed by atoms with E-state index in [0.717, 1.165) is 25.6 Å². The van der Waals surface area contributed by atoms with Gasteiger partial charge in [0.25, 0.3) is 0 Å². The SMILES string of the molecule is CCC1CN(C(=NC)NCCCCN2CCN(CC)CC2)CCC1c1ccccc1.I. The van der Waals surface area contributed by atoms with E-state index in [1.165, 1.54) is 70.5 Å². The van der Waals surface area contributed by atoms with Crippen molar-refractivity contribution in [3.63, 3.8) is 0 Å². The lowest BCUT2D eigenvalue weighted by Gasteiger charge is -2.40. The van der Waals surface area contributed by atoms with Crippen LogP contribution in [0.3, 0.4) is 0 Å². The summed E-state index contributed by atoms with van der Waals surface area (Å²) >= 11 is 0. The van der Waals surface area contributed by atoms with Gasteiger partial charge in [0.1, 0.15) is 0 Å². The summed E-state index contributed by atoms with van der Waals surface area (Å²) in [6.45, 7) is 15.2. The highest BCUT2D eigenvalue weighted by Crippen LogP contribution is 2.34. The van der Waals surface area contributed by atoms with Gasteiger partial charge in [-0.3, -0.25) is 4.99 Å². The van der Waals surface area contributed by atoms with Crippen molar-refractivity contribution in [3.8, 4) is 0 Å². The highest BCUT2D eigenvalue weighted by atomic mass is 127. The lowest BCUT2D eigenvalue weighted by Crippen LogP contribution is -2.48. The Kier molecular flexibility index (Phi) is 12.2. The van der Waals surface area contributed by atoms with Gasteiger partial charge in [0.2, 0.25) is 0 Å². The van der Waals surface area contributed by atoms with Gasteiger partial charge in [-0.2, -0.15) is 0 Å². The van der Waals surface area contributed by atoms with Crippen LogP contribution in [-0.4, -0.2) is 86.6 Å². The fraction of sp³-hybridized carbons (Fsp3) is 0.720. The standard InChI is InChI=1S/C25H43N5.HI/c1-4-22-21-30(16-13-24(22)23-11-7-6-8-12-23)25(26-3)27-14-9-10-15-29-19-17-28(5-2)18-20-29;/h6-8,11-12,22,24H,4-5,9-10,13-21H2,1-3H3,(H,26,27);1H. The third-order valence-electron chi connectivity index (χ3n) is 7.09. The van der Waals surface area contributed by atoms with Crippen LogP contribution in [0.15, 0.2) is 35.3 Å². The number of likely N-dealkylation sites (N-methyl/N-ethyl adjacent to an activating group) is 1. The van der Waals surface area contributed by atoms with Gasteiger partial charge in [-0.25, -0.2) is 0 Å². The van der Waals surface area contributed by atoms with Gasteiger partial charge in [-0.05, 0) is 49.8 Å². The molecule has 0 radical (unpaired) electrons. The number of guanidine groups is 1. The third kappa shape index (κ3) is 7.90.